The van der Waals surface area contributed by atoms with Gasteiger partial charge in [0.1, 0.15) is 24.0 Å². The molecule has 0 N–H and O–H groups in total. The highest BCUT2D eigenvalue weighted by atomic mass is 16.5. The van der Waals surface area contributed by atoms with E-state index in [1.165, 1.54) is 6.20 Å². The third kappa shape index (κ3) is 4.89. The molecule has 1 saturated heterocycles. The topological polar surface area (TPSA) is 107 Å². The van der Waals surface area contributed by atoms with Gasteiger partial charge in [-0.3, -0.25) is 9.59 Å². The van der Waals surface area contributed by atoms with Crippen LogP contribution in [-0.2, 0) is 9.53 Å². The van der Waals surface area contributed by atoms with E-state index in [0.717, 1.165) is 16.8 Å². The van der Waals surface area contributed by atoms with E-state index in [-0.39, 0.29) is 23.9 Å². The van der Waals surface area contributed by atoms with Gasteiger partial charge >= 0.3 is 0 Å². The number of piperazine rings is 1. The molecule has 1 fully saturated rings. The van der Waals surface area contributed by atoms with Crippen LogP contribution in [0.4, 0.5) is 5.82 Å². The number of nitrogens with zero attached hydrogens (tertiary/aromatic N) is 8. The number of fused-ring (bicyclic) bond motifs is 1. The number of benzene rings is 1. The van der Waals surface area contributed by atoms with Gasteiger partial charge < -0.3 is 24.3 Å². The quantitative estimate of drug-likeness (QED) is 0.545. The lowest BCUT2D eigenvalue weighted by atomic mass is 9.95. The first-order valence-electron chi connectivity index (χ1n) is 12.7. The maximum Gasteiger partial charge on any atom is 0.273 e. The maximum atomic E-state index is 13.9. The summed E-state index contributed by atoms with van der Waals surface area (Å²) < 4.78 is 5.03. The third-order valence-electron chi connectivity index (χ3n) is 7.20. The zero-order valence-corrected chi connectivity index (χ0v) is 21.9. The summed E-state index contributed by atoms with van der Waals surface area (Å²) in [6, 6.07) is 9.98. The second-order valence-electron chi connectivity index (χ2n) is 9.50. The minimum Gasteiger partial charge on any atom is -0.383 e. The van der Waals surface area contributed by atoms with Gasteiger partial charge in [0, 0.05) is 60.1 Å². The number of ether oxygens (including phenoxy) is 1. The number of rotatable bonds is 7. The van der Waals surface area contributed by atoms with E-state index in [4.69, 9.17) is 4.74 Å². The molecule has 38 heavy (non-hydrogen) atoms. The molecule has 1 aromatic heterocycles. The smallest absolute Gasteiger partial charge is 0.273 e. The molecule has 198 valence electrons. The van der Waals surface area contributed by atoms with Gasteiger partial charge in [0.2, 0.25) is 0 Å². The Morgan fingerprint density at radius 2 is 1.84 bits per heavy atom. The molecular weight excluding hydrogens is 484 g/mol. The number of hydrogen-bond donors (Lipinski definition) is 0. The fourth-order valence-corrected chi connectivity index (χ4v) is 5.08. The molecule has 11 heteroatoms. The molecular formula is C27H32N8O3. The van der Waals surface area contributed by atoms with E-state index in [2.05, 4.69) is 29.8 Å². The second kappa shape index (κ2) is 11.1. The van der Waals surface area contributed by atoms with E-state index >= 15 is 0 Å². The lowest BCUT2D eigenvalue weighted by Gasteiger charge is -2.36. The Balaban J connectivity index is 1.28. The molecule has 1 aromatic carbocycles. The highest BCUT2D eigenvalue weighted by molar-refractivity contribution is 6.07. The van der Waals surface area contributed by atoms with Crippen molar-refractivity contribution in [2.24, 2.45) is 15.9 Å². The second-order valence-corrected chi connectivity index (χ2v) is 9.50. The van der Waals surface area contributed by atoms with E-state index in [0.29, 0.717) is 50.8 Å². The van der Waals surface area contributed by atoms with Crippen molar-refractivity contribution in [1.29, 1.82) is 0 Å². The van der Waals surface area contributed by atoms with E-state index < -0.39 is 0 Å². The SMILES string of the molecule is COCCN(C)C(=O)c1cnc(N2CCN(C(=O)C3=C(c4ccccc4)N(C)C4N=CN=CC34)CC2)cn1. The van der Waals surface area contributed by atoms with Crippen LogP contribution in [0, 0.1) is 5.92 Å². The van der Waals surface area contributed by atoms with Crippen LogP contribution >= 0.6 is 0 Å². The van der Waals surface area contributed by atoms with Gasteiger partial charge in [0.15, 0.2) is 0 Å². The molecule has 0 aliphatic carbocycles. The molecule has 0 saturated carbocycles. The largest absolute Gasteiger partial charge is 0.383 e. The zero-order valence-electron chi connectivity index (χ0n) is 21.9. The molecule has 2 atom stereocenters. The Bertz CT molecular complexity index is 1250. The van der Waals surface area contributed by atoms with Crippen molar-refractivity contribution >= 4 is 35.9 Å². The van der Waals surface area contributed by atoms with E-state index in [1.54, 1.807) is 31.6 Å². The average molecular weight is 517 g/mol. The summed E-state index contributed by atoms with van der Waals surface area (Å²) in [4.78, 5) is 51.7. The van der Waals surface area contributed by atoms with Gasteiger partial charge in [0.05, 0.1) is 36.2 Å². The maximum absolute atomic E-state index is 13.9. The predicted molar refractivity (Wildman–Crippen MR) is 145 cm³/mol. The fourth-order valence-electron chi connectivity index (χ4n) is 5.08. The van der Waals surface area contributed by atoms with Crippen LogP contribution in [-0.4, -0.2) is 116 Å². The Morgan fingerprint density at radius 3 is 2.53 bits per heavy atom. The van der Waals surface area contributed by atoms with Crippen molar-refractivity contribution in [3.05, 3.63) is 59.6 Å². The highest BCUT2D eigenvalue weighted by Crippen LogP contribution is 2.40. The average Bonchev–Trinajstić information content (AvgIpc) is 3.28. The summed E-state index contributed by atoms with van der Waals surface area (Å²) in [5.41, 5.74) is 2.92. The van der Waals surface area contributed by atoms with Crippen molar-refractivity contribution in [3.63, 3.8) is 0 Å². The normalized spacial score (nSPS) is 20.7. The fraction of sp³-hybridized carbons (Fsp3) is 0.407. The summed E-state index contributed by atoms with van der Waals surface area (Å²) >= 11 is 0. The number of carbonyl (C=O) groups is 2. The highest BCUT2D eigenvalue weighted by Gasteiger charge is 2.43. The minimum atomic E-state index is -0.200. The van der Waals surface area contributed by atoms with Crippen molar-refractivity contribution in [1.82, 2.24) is 24.7 Å². The van der Waals surface area contributed by atoms with E-state index in [9.17, 15) is 9.59 Å². The third-order valence-corrected chi connectivity index (χ3v) is 7.20. The summed E-state index contributed by atoms with van der Waals surface area (Å²) in [6.07, 6.45) is 6.35. The van der Waals surface area contributed by atoms with E-state index in [1.807, 2.05) is 48.5 Å². The van der Waals surface area contributed by atoms with Crippen LogP contribution in [0.5, 0.6) is 0 Å². The Morgan fingerprint density at radius 1 is 1.08 bits per heavy atom. The molecule has 2 aromatic rings. The van der Waals surface area contributed by atoms with Crippen molar-refractivity contribution in [2.75, 3.05) is 65.4 Å². The van der Waals surface area contributed by atoms with Gasteiger partial charge in [-0.1, -0.05) is 30.3 Å². The van der Waals surface area contributed by atoms with Gasteiger partial charge in [0.25, 0.3) is 11.8 Å². The molecule has 3 aliphatic rings. The number of amides is 2. The molecule has 4 heterocycles. The lowest BCUT2D eigenvalue weighted by Crippen LogP contribution is -2.50. The summed E-state index contributed by atoms with van der Waals surface area (Å²) in [7, 11) is 5.29. The summed E-state index contributed by atoms with van der Waals surface area (Å²) in [5, 5.41) is 0. The van der Waals surface area contributed by atoms with Gasteiger partial charge in [-0.2, -0.15) is 0 Å². The van der Waals surface area contributed by atoms with Crippen LogP contribution in [0.3, 0.4) is 0 Å². The standard InChI is InChI=1S/C27H32N8O3/c1-32(13-14-38-3)26(36)21-16-30-22(17-29-21)34-9-11-35(12-10-34)27(37)23-20-15-28-18-31-25(20)33(2)24(23)19-7-5-4-6-8-19/h4-8,15-18,20,25H,9-14H2,1-3H3. The first-order chi connectivity index (χ1) is 18.5. The van der Waals surface area contributed by atoms with Gasteiger partial charge in [-0.15, -0.1) is 0 Å². The lowest BCUT2D eigenvalue weighted by molar-refractivity contribution is -0.127. The zero-order chi connectivity index (χ0) is 26.6. The Kier molecular flexibility index (Phi) is 7.45. The first-order valence-corrected chi connectivity index (χ1v) is 12.7. The number of anilines is 1. The van der Waals surface area contributed by atoms with Gasteiger partial charge in [-0.25, -0.2) is 20.0 Å². The number of methoxy groups -OCH3 is 1. The van der Waals surface area contributed by atoms with Crippen LogP contribution in [0.25, 0.3) is 5.70 Å². The predicted octanol–water partition coefficient (Wildman–Crippen LogP) is 1.26. The number of likely N-dealkylation sites (N-methyl/N-ethyl adjacent to an activating group) is 1. The molecule has 11 nitrogen and oxygen atoms in total. The number of hydrogen-bond acceptors (Lipinski definition) is 9. The summed E-state index contributed by atoms with van der Waals surface area (Å²) in [6.45, 7) is 3.27. The molecule has 0 spiro atoms. The van der Waals surface area contributed by atoms with Crippen LogP contribution in [0.2, 0.25) is 0 Å². The number of aliphatic imine (C=N–C) groups is 2. The number of aromatic nitrogens is 2. The molecule has 2 amide bonds. The first kappa shape index (κ1) is 25.5. The van der Waals surface area contributed by atoms with Crippen LogP contribution in [0.15, 0.2) is 58.3 Å². The van der Waals surface area contributed by atoms with Crippen LogP contribution in [0.1, 0.15) is 16.1 Å². The van der Waals surface area contributed by atoms with Crippen molar-refractivity contribution in [2.45, 2.75) is 6.17 Å². The van der Waals surface area contributed by atoms with Crippen molar-refractivity contribution < 1.29 is 14.3 Å². The monoisotopic (exact) mass is 516 g/mol. The number of carbonyl (C=O) groups excluding carboxylic acids is 2. The molecule has 3 aliphatic heterocycles. The molecule has 5 rings (SSSR count). The molecule has 2 unspecified atom stereocenters. The molecule has 0 radical (unpaired) electrons. The Hall–Kier alpha value is -4.12. The Labute approximate surface area is 222 Å². The van der Waals surface area contributed by atoms with Gasteiger partial charge in [-0.05, 0) is 5.56 Å². The van der Waals surface area contributed by atoms with Crippen molar-refractivity contribution in [3.8, 4) is 0 Å². The molecule has 0 bridgehead atoms. The minimum absolute atomic E-state index is 0.0116. The van der Waals surface area contributed by atoms with Crippen LogP contribution < -0.4 is 4.90 Å². The summed E-state index contributed by atoms with van der Waals surface area (Å²) in [5.74, 6) is 0.308.